The molecule has 150 valence electrons. The molecule has 0 aliphatic carbocycles. The summed E-state index contributed by atoms with van der Waals surface area (Å²) in [5.41, 5.74) is 3.15. The summed E-state index contributed by atoms with van der Waals surface area (Å²) in [6.07, 6.45) is 0. The van der Waals surface area contributed by atoms with E-state index in [1.165, 1.54) is 13.0 Å². The second kappa shape index (κ2) is 8.43. The number of rotatable bonds is 5. The van der Waals surface area contributed by atoms with Gasteiger partial charge in [-0.1, -0.05) is 48.0 Å². The number of hydrogen-bond acceptors (Lipinski definition) is 4. The van der Waals surface area contributed by atoms with Crippen LogP contribution in [-0.4, -0.2) is 5.91 Å². The van der Waals surface area contributed by atoms with Gasteiger partial charge >= 0.3 is 5.63 Å². The second-order valence-corrected chi connectivity index (χ2v) is 7.19. The molecule has 0 unspecified atom stereocenters. The smallest absolute Gasteiger partial charge is 0.336 e. The zero-order valence-electron chi connectivity index (χ0n) is 16.1. The van der Waals surface area contributed by atoms with Gasteiger partial charge in [-0.15, -0.1) is 0 Å². The van der Waals surface area contributed by atoms with E-state index in [0.29, 0.717) is 27.6 Å². The van der Waals surface area contributed by atoms with E-state index in [1.54, 1.807) is 18.2 Å². The van der Waals surface area contributed by atoms with Crippen molar-refractivity contribution in [2.24, 2.45) is 0 Å². The Morgan fingerprint density at radius 1 is 1.00 bits per heavy atom. The standard InChI is InChI=1S/C24H18ClNO4/c1-15(27)26-19-8-9-20-18(12-24(28)30-23(20)13-19)14-29-22-10-7-17(11-21(22)25)16-5-3-2-4-6-16/h2-13H,14H2,1H3,(H,26,27). The normalized spacial score (nSPS) is 10.7. The van der Waals surface area contributed by atoms with E-state index in [4.69, 9.17) is 20.8 Å². The minimum absolute atomic E-state index is 0.145. The van der Waals surface area contributed by atoms with Crippen molar-refractivity contribution >= 4 is 34.2 Å². The highest BCUT2D eigenvalue weighted by Crippen LogP contribution is 2.31. The molecular formula is C24H18ClNO4. The largest absolute Gasteiger partial charge is 0.487 e. The Bertz CT molecular complexity index is 1280. The third-order valence-electron chi connectivity index (χ3n) is 4.57. The molecule has 0 aliphatic heterocycles. The zero-order valence-corrected chi connectivity index (χ0v) is 16.9. The average Bonchev–Trinajstić information content (AvgIpc) is 2.72. The fourth-order valence-electron chi connectivity index (χ4n) is 3.21. The molecular weight excluding hydrogens is 402 g/mol. The number of benzene rings is 3. The highest BCUT2D eigenvalue weighted by Gasteiger charge is 2.10. The fraction of sp³-hybridized carbons (Fsp3) is 0.0833. The van der Waals surface area contributed by atoms with Crippen LogP contribution in [0.5, 0.6) is 5.75 Å². The predicted octanol–water partition coefficient (Wildman–Crippen LogP) is 5.65. The summed E-state index contributed by atoms with van der Waals surface area (Å²) in [5.74, 6) is 0.317. The molecule has 30 heavy (non-hydrogen) atoms. The third-order valence-corrected chi connectivity index (χ3v) is 4.87. The lowest BCUT2D eigenvalue weighted by atomic mass is 10.1. The maximum absolute atomic E-state index is 12.0. The van der Waals surface area contributed by atoms with Crippen molar-refractivity contribution in [1.29, 1.82) is 0 Å². The van der Waals surface area contributed by atoms with Gasteiger partial charge in [0.1, 0.15) is 17.9 Å². The lowest BCUT2D eigenvalue weighted by Crippen LogP contribution is -2.07. The van der Waals surface area contributed by atoms with Crippen LogP contribution in [0.25, 0.3) is 22.1 Å². The Balaban J connectivity index is 1.59. The van der Waals surface area contributed by atoms with Gasteiger partial charge in [0.25, 0.3) is 0 Å². The van der Waals surface area contributed by atoms with Gasteiger partial charge in [0.15, 0.2) is 0 Å². The molecule has 1 amide bonds. The highest BCUT2D eigenvalue weighted by molar-refractivity contribution is 6.32. The summed E-state index contributed by atoms with van der Waals surface area (Å²) < 4.78 is 11.2. The number of anilines is 1. The third kappa shape index (κ3) is 4.36. The molecule has 1 aromatic heterocycles. The SMILES string of the molecule is CC(=O)Nc1ccc2c(COc3ccc(-c4ccccc4)cc3Cl)cc(=O)oc2c1. The first kappa shape index (κ1) is 19.7. The molecule has 0 radical (unpaired) electrons. The Morgan fingerprint density at radius 2 is 1.80 bits per heavy atom. The van der Waals surface area contributed by atoms with Crippen LogP contribution in [-0.2, 0) is 11.4 Å². The Labute approximate surface area is 177 Å². The van der Waals surface area contributed by atoms with Gasteiger partial charge in [0.2, 0.25) is 5.91 Å². The van der Waals surface area contributed by atoms with Crippen LogP contribution in [0.2, 0.25) is 5.02 Å². The quantitative estimate of drug-likeness (QED) is 0.424. The van der Waals surface area contributed by atoms with Gasteiger partial charge in [0.05, 0.1) is 5.02 Å². The van der Waals surface area contributed by atoms with Crippen LogP contribution in [0, 0.1) is 0 Å². The molecule has 0 atom stereocenters. The van der Waals surface area contributed by atoms with Crippen molar-refractivity contribution in [1.82, 2.24) is 0 Å². The summed E-state index contributed by atoms with van der Waals surface area (Å²) in [7, 11) is 0. The molecule has 0 saturated carbocycles. The van der Waals surface area contributed by atoms with Gasteiger partial charge < -0.3 is 14.5 Å². The Kier molecular flexibility index (Phi) is 5.55. The van der Waals surface area contributed by atoms with Gasteiger partial charge in [0, 0.05) is 35.7 Å². The van der Waals surface area contributed by atoms with E-state index < -0.39 is 5.63 Å². The van der Waals surface area contributed by atoms with Gasteiger partial charge in [-0.05, 0) is 35.4 Å². The van der Waals surface area contributed by atoms with Crippen LogP contribution in [0.3, 0.4) is 0 Å². The van der Waals surface area contributed by atoms with E-state index in [2.05, 4.69) is 5.32 Å². The van der Waals surface area contributed by atoms with Crippen molar-refractivity contribution in [3.8, 4) is 16.9 Å². The second-order valence-electron chi connectivity index (χ2n) is 6.78. The summed E-state index contributed by atoms with van der Waals surface area (Å²) in [6.45, 7) is 1.56. The van der Waals surface area contributed by atoms with Crippen molar-refractivity contribution in [2.75, 3.05) is 5.32 Å². The maximum atomic E-state index is 12.0. The lowest BCUT2D eigenvalue weighted by molar-refractivity contribution is -0.114. The molecule has 1 N–H and O–H groups in total. The Morgan fingerprint density at radius 3 is 2.53 bits per heavy atom. The summed E-state index contributed by atoms with van der Waals surface area (Å²) >= 11 is 6.42. The van der Waals surface area contributed by atoms with Gasteiger partial charge in [-0.25, -0.2) is 4.79 Å². The molecule has 3 aromatic carbocycles. The molecule has 0 spiro atoms. The van der Waals surface area contributed by atoms with Crippen LogP contribution < -0.4 is 15.7 Å². The van der Waals surface area contributed by atoms with Crippen LogP contribution in [0.15, 0.2) is 82.0 Å². The molecule has 1 heterocycles. The molecule has 0 saturated heterocycles. The Hall–Kier alpha value is -3.57. The summed E-state index contributed by atoms with van der Waals surface area (Å²) in [4.78, 5) is 23.2. The monoisotopic (exact) mass is 419 g/mol. The first-order valence-electron chi connectivity index (χ1n) is 9.32. The molecule has 0 aliphatic rings. The number of carbonyl (C=O) groups excluding carboxylic acids is 1. The number of amides is 1. The maximum Gasteiger partial charge on any atom is 0.336 e. The molecule has 6 heteroatoms. The van der Waals surface area contributed by atoms with Crippen molar-refractivity contribution in [2.45, 2.75) is 13.5 Å². The first-order chi connectivity index (χ1) is 14.5. The minimum Gasteiger partial charge on any atom is -0.487 e. The van der Waals surface area contributed by atoms with Crippen molar-refractivity contribution in [3.63, 3.8) is 0 Å². The number of hydrogen-bond donors (Lipinski definition) is 1. The van der Waals surface area contributed by atoms with Crippen LogP contribution in [0.1, 0.15) is 12.5 Å². The minimum atomic E-state index is -0.494. The van der Waals surface area contributed by atoms with Crippen molar-refractivity contribution < 1.29 is 13.9 Å². The van der Waals surface area contributed by atoms with E-state index in [0.717, 1.165) is 16.5 Å². The molecule has 4 rings (SSSR count). The number of carbonyl (C=O) groups is 1. The zero-order chi connectivity index (χ0) is 21.1. The van der Waals surface area contributed by atoms with Gasteiger partial charge in [-0.3, -0.25) is 4.79 Å². The fourth-order valence-corrected chi connectivity index (χ4v) is 3.45. The first-order valence-corrected chi connectivity index (χ1v) is 9.69. The lowest BCUT2D eigenvalue weighted by Gasteiger charge is -2.11. The highest BCUT2D eigenvalue weighted by atomic mass is 35.5. The number of ether oxygens (including phenoxy) is 1. The summed E-state index contributed by atoms with van der Waals surface area (Å²) in [6, 6.07) is 22.1. The van der Waals surface area contributed by atoms with E-state index >= 15 is 0 Å². The number of halogens is 1. The number of fused-ring (bicyclic) bond motifs is 1. The summed E-state index contributed by atoms with van der Waals surface area (Å²) in [5, 5.41) is 3.88. The van der Waals surface area contributed by atoms with Gasteiger partial charge in [-0.2, -0.15) is 0 Å². The van der Waals surface area contributed by atoms with Crippen LogP contribution >= 0.6 is 11.6 Å². The van der Waals surface area contributed by atoms with Crippen molar-refractivity contribution in [3.05, 3.63) is 93.8 Å². The molecule has 4 aromatic rings. The number of nitrogens with one attached hydrogen (secondary N) is 1. The van der Waals surface area contributed by atoms with E-state index in [9.17, 15) is 9.59 Å². The topological polar surface area (TPSA) is 68.5 Å². The van der Waals surface area contributed by atoms with E-state index in [-0.39, 0.29) is 12.5 Å². The predicted molar refractivity (Wildman–Crippen MR) is 118 cm³/mol. The molecule has 0 bridgehead atoms. The average molecular weight is 420 g/mol. The van der Waals surface area contributed by atoms with E-state index in [1.807, 2.05) is 48.5 Å². The molecule has 0 fully saturated rings. The molecule has 5 nitrogen and oxygen atoms in total. The van der Waals surface area contributed by atoms with Crippen LogP contribution in [0.4, 0.5) is 5.69 Å².